The van der Waals surface area contributed by atoms with Crippen LogP contribution in [0.15, 0.2) is 89.2 Å². The first-order valence-electron chi connectivity index (χ1n) is 10.9. The molecule has 1 aliphatic heterocycles. The maximum atomic E-state index is 12.4. The van der Waals surface area contributed by atoms with Gasteiger partial charge in [0.05, 0.1) is 16.8 Å². The number of alkyl halides is 3. The number of aromatic nitrogens is 1. The van der Waals surface area contributed by atoms with Crippen molar-refractivity contribution in [2.24, 2.45) is 4.99 Å². The molecule has 35 heavy (non-hydrogen) atoms. The van der Waals surface area contributed by atoms with Gasteiger partial charge in [-0.15, -0.1) is 13.2 Å². The molecular weight excluding hydrogens is 475 g/mol. The van der Waals surface area contributed by atoms with Crippen molar-refractivity contribution < 1.29 is 23.0 Å². The molecule has 1 aromatic heterocycles. The van der Waals surface area contributed by atoms with Gasteiger partial charge < -0.3 is 14.7 Å². The van der Waals surface area contributed by atoms with Crippen LogP contribution in [0.4, 0.5) is 18.9 Å². The number of aliphatic hydroxyl groups is 1. The fourth-order valence-electron chi connectivity index (χ4n) is 3.46. The number of halogens is 3. The van der Waals surface area contributed by atoms with Crippen molar-refractivity contribution in [3.63, 3.8) is 0 Å². The Morgan fingerprint density at radius 3 is 2.49 bits per heavy atom. The van der Waals surface area contributed by atoms with Crippen LogP contribution >= 0.6 is 11.8 Å². The van der Waals surface area contributed by atoms with Crippen molar-refractivity contribution in [3.8, 4) is 5.75 Å². The molecule has 0 amide bonds. The molecule has 0 unspecified atom stereocenters. The molecule has 1 aliphatic rings. The second-order valence-electron chi connectivity index (χ2n) is 8.66. The topological polar surface area (TPSA) is 58.0 Å². The first kappa shape index (κ1) is 24.8. The first-order valence-corrected chi connectivity index (χ1v) is 11.7. The Bertz CT molecular complexity index is 1300. The van der Waals surface area contributed by atoms with Gasteiger partial charge in [0, 0.05) is 34.1 Å². The van der Waals surface area contributed by atoms with Gasteiger partial charge in [-0.3, -0.25) is 4.98 Å². The molecule has 5 nitrogen and oxygen atoms in total. The summed E-state index contributed by atoms with van der Waals surface area (Å²) in [5.41, 5.74) is 2.57. The number of ether oxygens (including phenoxy) is 1. The van der Waals surface area contributed by atoms with Crippen LogP contribution in [0.1, 0.15) is 26.0 Å². The standard InChI is InChI=1S/C26H24F3N3O2S/c1-17-24(35-22-9-7-21(8-10-22)34-26(27,28)29)30-14-15-32(17)20-6-11-23-18(16-20)4-5-19(31-23)12-13-25(2,3)33/h4-11,14-16,33H,1,12-13H2,2-3H3. The van der Waals surface area contributed by atoms with Crippen LogP contribution in [-0.4, -0.2) is 27.1 Å². The van der Waals surface area contributed by atoms with E-state index in [0.717, 1.165) is 22.3 Å². The summed E-state index contributed by atoms with van der Waals surface area (Å²) in [5.74, 6) is -0.277. The van der Waals surface area contributed by atoms with Gasteiger partial charge in [0.15, 0.2) is 0 Å². The highest BCUT2D eigenvalue weighted by Gasteiger charge is 2.31. The third kappa shape index (κ3) is 6.64. The molecule has 1 N–H and O–H groups in total. The number of thioether (sulfide) groups is 1. The molecule has 0 saturated carbocycles. The van der Waals surface area contributed by atoms with Gasteiger partial charge in [-0.1, -0.05) is 24.4 Å². The Kier molecular flexibility index (Phi) is 6.91. The van der Waals surface area contributed by atoms with Crippen molar-refractivity contribution in [2.45, 2.75) is 43.5 Å². The molecular formula is C26H24F3N3O2S. The Balaban J connectivity index is 1.47. The van der Waals surface area contributed by atoms with Crippen LogP contribution in [0.2, 0.25) is 0 Å². The molecule has 0 bridgehead atoms. The van der Waals surface area contributed by atoms with Crippen molar-refractivity contribution in [2.75, 3.05) is 4.90 Å². The van der Waals surface area contributed by atoms with Crippen molar-refractivity contribution in [1.82, 2.24) is 4.98 Å². The lowest BCUT2D eigenvalue weighted by Crippen LogP contribution is -2.22. The van der Waals surface area contributed by atoms with Gasteiger partial charge in [0.2, 0.25) is 0 Å². The summed E-state index contributed by atoms with van der Waals surface area (Å²) in [6.45, 7) is 7.74. The van der Waals surface area contributed by atoms with Crippen molar-refractivity contribution in [1.29, 1.82) is 0 Å². The number of nitrogens with zero attached hydrogens (tertiary/aromatic N) is 3. The normalized spacial score (nSPS) is 14.4. The van der Waals surface area contributed by atoms with E-state index in [1.54, 1.807) is 38.4 Å². The molecule has 0 radical (unpaired) electrons. The summed E-state index contributed by atoms with van der Waals surface area (Å²) in [4.78, 5) is 11.7. The minimum Gasteiger partial charge on any atom is -0.406 e. The summed E-state index contributed by atoms with van der Waals surface area (Å²) in [6.07, 6.45) is 0.0430. The Morgan fingerprint density at radius 1 is 1.06 bits per heavy atom. The molecule has 0 saturated heterocycles. The van der Waals surface area contributed by atoms with Crippen LogP contribution in [0.25, 0.3) is 10.9 Å². The van der Waals surface area contributed by atoms with E-state index in [1.165, 1.54) is 23.9 Å². The monoisotopic (exact) mass is 499 g/mol. The fraction of sp³-hybridized carbons (Fsp3) is 0.231. The summed E-state index contributed by atoms with van der Waals surface area (Å²) in [7, 11) is 0. The molecule has 182 valence electrons. The number of fused-ring (bicyclic) bond motifs is 1. The number of aryl methyl sites for hydroxylation is 1. The zero-order valence-electron chi connectivity index (χ0n) is 19.2. The maximum absolute atomic E-state index is 12.4. The van der Waals surface area contributed by atoms with Gasteiger partial charge in [-0.05, 0) is 75.2 Å². The lowest BCUT2D eigenvalue weighted by molar-refractivity contribution is -0.274. The number of aliphatic imine (C=N–C) groups is 1. The van der Waals surface area contributed by atoms with Crippen LogP contribution in [-0.2, 0) is 6.42 Å². The smallest absolute Gasteiger partial charge is 0.406 e. The highest BCUT2D eigenvalue weighted by Crippen LogP contribution is 2.33. The lowest BCUT2D eigenvalue weighted by atomic mass is 10.0. The number of hydrogen-bond donors (Lipinski definition) is 1. The molecule has 0 fully saturated rings. The number of rotatable bonds is 6. The molecule has 2 aromatic carbocycles. The lowest BCUT2D eigenvalue weighted by Gasteiger charge is -2.26. The third-order valence-electron chi connectivity index (χ3n) is 5.22. The number of pyridine rings is 1. The van der Waals surface area contributed by atoms with Crippen LogP contribution in [0.3, 0.4) is 0 Å². The van der Waals surface area contributed by atoms with E-state index in [0.29, 0.717) is 28.5 Å². The van der Waals surface area contributed by atoms with Gasteiger partial charge >= 0.3 is 6.36 Å². The number of hydrogen-bond acceptors (Lipinski definition) is 6. The Labute approximate surface area is 205 Å². The predicted octanol–water partition coefficient (Wildman–Crippen LogP) is 6.83. The first-order chi connectivity index (χ1) is 16.5. The van der Waals surface area contributed by atoms with Crippen LogP contribution < -0.4 is 9.64 Å². The van der Waals surface area contributed by atoms with Gasteiger partial charge in [-0.25, -0.2) is 4.99 Å². The maximum Gasteiger partial charge on any atom is 0.573 e. The Hall–Kier alpha value is -3.30. The van der Waals surface area contributed by atoms with Crippen LogP contribution in [0.5, 0.6) is 5.75 Å². The SMILES string of the molecule is C=C1C(Sc2ccc(OC(F)(F)F)cc2)=NC=CN1c1ccc2nc(CCC(C)(C)O)ccc2c1. The van der Waals surface area contributed by atoms with Gasteiger partial charge in [-0.2, -0.15) is 0 Å². The molecule has 4 rings (SSSR count). The second-order valence-corrected chi connectivity index (χ2v) is 9.72. The molecule has 0 spiro atoms. The van der Waals surface area contributed by atoms with Gasteiger partial charge in [0.25, 0.3) is 0 Å². The van der Waals surface area contributed by atoms with E-state index in [2.05, 4.69) is 16.3 Å². The summed E-state index contributed by atoms with van der Waals surface area (Å²) >= 11 is 1.30. The predicted molar refractivity (Wildman–Crippen MR) is 134 cm³/mol. The Morgan fingerprint density at radius 2 is 1.80 bits per heavy atom. The molecule has 9 heteroatoms. The van der Waals surface area contributed by atoms with E-state index in [9.17, 15) is 18.3 Å². The van der Waals surface area contributed by atoms with E-state index < -0.39 is 12.0 Å². The fourth-order valence-corrected chi connectivity index (χ4v) is 4.29. The number of benzene rings is 2. The zero-order valence-corrected chi connectivity index (χ0v) is 20.0. The average molecular weight is 500 g/mol. The van der Waals surface area contributed by atoms with E-state index in [-0.39, 0.29) is 5.75 Å². The largest absolute Gasteiger partial charge is 0.573 e. The zero-order chi connectivity index (χ0) is 25.2. The van der Waals surface area contributed by atoms with E-state index >= 15 is 0 Å². The van der Waals surface area contributed by atoms with Gasteiger partial charge in [0.1, 0.15) is 10.8 Å². The molecule has 0 aliphatic carbocycles. The summed E-state index contributed by atoms with van der Waals surface area (Å²) < 4.78 is 41.1. The summed E-state index contributed by atoms with van der Waals surface area (Å²) in [6, 6.07) is 15.5. The average Bonchev–Trinajstić information content (AvgIpc) is 2.78. The van der Waals surface area contributed by atoms with Crippen molar-refractivity contribution in [3.05, 3.63) is 85.0 Å². The minimum absolute atomic E-state index is 0.277. The summed E-state index contributed by atoms with van der Waals surface area (Å²) in [5, 5.41) is 11.5. The third-order valence-corrected chi connectivity index (χ3v) is 6.26. The van der Waals surface area contributed by atoms with Crippen LogP contribution in [0, 0.1) is 0 Å². The molecule has 3 aromatic rings. The quantitative estimate of drug-likeness (QED) is 0.403. The highest BCUT2D eigenvalue weighted by atomic mass is 32.2. The highest BCUT2D eigenvalue weighted by molar-refractivity contribution is 8.14. The minimum atomic E-state index is -4.73. The van der Waals surface area contributed by atoms with Crippen molar-refractivity contribution >= 4 is 33.4 Å². The number of anilines is 1. The molecule has 2 heterocycles. The molecule has 0 atom stereocenters. The van der Waals surface area contributed by atoms with E-state index in [1.807, 2.05) is 35.2 Å². The second kappa shape index (κ2) is 9.75. The van der Waals surface area contributed by atoms with E-state index in [4.69, 9.17) is 4.98 Å².